The molecule has 2 aromatic carbocycles. The number of H-pyrrole nitrogens is 1. The van der Waals surface area contributed by atoms with E-state index in [2.05, 4.69) is 15.0 Å². The topological polar surface area (TPSA) is 84.7 Å². The van der Waals surface area contributed by atoms with Gasteiger partial charge in [-0.15, -0.1) is 0 Å². The van der Waals surface area contributed by atoms with Gasteiger partial charge in [-0.05, 0) is 16.8 Å². The van der Waals surface area contributed by atoms with E-state index in [4.69, 9.17) is 5.73 Å². The molecule has 1 heterocycles. The minimum Gasteiger partial charge on any atom is -0.368 e. The Morgan fingerprint density at radius 1 is 1.00 bits per heavy atom. The van der Waals surface area contributed by atoms with Gasteiger partial charge in [0.2, 0.25) is 5.95 Å². The summed E-state index contributed by atoms with van der Waals surface area (Å²) in [5, 5.41) is 2.21. The van der Waals surface area contributed by atoms with E-state index in [1.54, 1.807) is 0 Å². The number of nitrogen functional groups attached to an aromatic ring is 1. The van der Waals surface area contributed by atoms with Crippen molar-refractivity contribution >= 4 is 16.7 Å². The largest absolute Gasteiger partial charge is 0.368 e. The molecule has 0 saturated carbocycles. The van der Waals surface area contributed by atoms with Crippen LogP contribution in [0.15, 0.2) is 47.3 Å². The van der Waals surface area contributed by atoms with Crippen molar-refractivity contribution < 1.29 is 0 Å². The van der Waals surface area contributed by atoms with Crippen LogP contribution in [0.25, 0.3) is 22.2 Å². The van der Waals surface area contributed by atoms with Gasteiger partial charge < -0.3 is 5.73 Å². The molecular formula is C13H10N4O. The lowest BCUT2D eigenvalue weighted by molar-refractivity contribution is 1.01. The molecule has 0 saturated heterocycles. The molecule has 0 aliphatic heterocycles. The van der Waals surface area contributed by atoms with Crippen molar-refractivity contribution in [2.45, 2.75) is 0 Å². The van der Waals surface area contributed by atoms with Gasteiger partial charge in [0.05, 0.1) is 0 Å². The van der Waals surface area contributed by atoms with E-state index < -0.39 is 5.69 Å². The third kappa shape index (κ3) is 1.82. The van der Waals surface area contributed by atoms with E-state index in [0.29, 0.717) is 5.82 Å². The molecule has 3 N–H and O–H groups in total. The SMILES string of the molecule is Nc1nc(-c2ccc3ccccc3c2)[nH]c(=O)n1. The summed E-state index contributed by atoms with van der Waals surface area (Å²) in [6, 6.07) is 13.8. The summed E-state index contributed by atoms with van der Waals surface area (Å²) in [5.41, 5.74) is 5.78. The third-order valence-corrected chi connectivity index (χ3v) is 2.69. The van der Waals surface area contributed by atoms with E-state index in [1.807, 2.05) is 42.5 Å². The Morgan fingerprint density at radius 3 is 2.56 bits per heavy atom. The summed E-state index contributed by atoms with van der Waals surface area (Å²) in [5.74, 6) is 0.403. The van der Waals surface area contributed by atoms with Crippen LogP contribution in [0, 0.1) is 0 Å². The first-order valence-corrected chi connectivity index (χ1v) is 5.45. The quantitative estimate of drug-likeness (QED) is 0.673. The lowest BCUT2D eigenvalue weighted by atomic mass is 10.1. The van der Waals surface area contributed by atoms with Crippen LogP contribution in [0.2, 0.25) is 0 Å². The molecular weight excluding hydrogens is 228 g/mol. The number of nitrogens with two attached hydrogens (primary N) is 1. The molecule has 0 spiro atoms. The summed E-state index contributed by atoms with van der Waals surface area (Å²) in [6.07, 6.45) is 0. The van der Waals surface area contributed by atoms with E-state index in [-0.39, 0.29) is 5.95 Å². The molecule has 0 unspecified atom stereocenters. The van der Waals surface area contributed by atoms with Crippen LogP contribution in [0.5, 0.6) is 0 Å². The second-order valence-corrected chi connectivity index (χ2v) is 3.92. The zero-order valence-corrected chi connectivity index (χ0v) is 9.42. The number of hydrogen-bond acceptors (Lipinski definition) is 4. The minimum absolute atomic E-state index is 0.0260. The number of fused-ring (bicyclic) bond motifs is 1. The summed E-state index contributed by atoms with van der Waals surface area (Å²) in [6.45, 7) is 0. The number of aromatic amines is 1. The number of hydrogen-bond donors (Lipinski definition) is 2. The van der Waals surface area contributed by atoms with Crippen molar-refractivity contribution in [3.05, 3.63) is 52.9 Å². The molecule has 3 rings (SSSR count). The Hall–Kier alpha value is -2.69. The number of rotatable bonds is 1. The number of anilines is 1. The molecule has 3 aromatic rings. The predicted molar refractivity (Wildman–Crippen MR) is 70.0 cm³/mol. The molecule has 0 radical (unpaired) electrons. The van der Waals surface area contributed by atoms with E-state index in [0.717, 1.165) is 16.3 Å². The molecule has 1 aromatic heterocycles. The molecule has 18 heavy (non-hydrogen) atoms. The number of aromatic nitrogens is 3. The Kier molecular flexibility index (Phi) is 2.30. The Morgan fingerprint density at radius 2 is 1.78 bits per heavy atom. The van der Waals surface area contributed by atoms with Gasteiger partial charge >= 0.3 is 5.69 Å². The first-order chi connectivity index (χ1) is 8.72. The van der Waals surface area contributed by atoms with Gasteiger partial charge in [0.15, 0.2) is 0 Å². The number of nitrogens with zero attached hydrogens (tertiary/aromatic N) is 2. The molecule has 0 amide bonds. The lowest BCUT2D eigenvalue weighted by Gasteiger charge is -2.03. The fourth-order valence-electron chi connectivity index (χ4n) is 1.87. The third-order valence-electron chi connectivity index (χ3n) is 2.69. The molecule has 0 aliphatic carbocycles. The van der Waals surface area contributed by atoms with Crippen molar-refractivity contribution in [3.8, 4) is 11.4 Å². The Balaban J connectivity index is 2.22. The highest BCUT2D eigenvalue weighted by molar-refractivity contribution is 5.86. The summed E-state index contributed by atoms with van der Waals surface area (Å²) in [4.78, 5) is 21.3. The van der Waals surface area contributed by atoms with Crippen molar-refractivity contribution in [1.29, 1.82) is 0 Å². The highest BCUT2D eigenvalue weighted by atomic mass is 16.1. The monoisotopic (exact) mass is 238 g/mol. The van der Waals surface area contributed by atoms with E-state index in [9.17, 15) is 4.79 Å². The smallest absolute Gasteiger partial charge is 0.349 e. The van der Waals surface area contributed by atoms with Crippen LogP contribution in [-0.4, -0.2) is 15.0 Å². The second-order valence-electron chi connectivity index (χ2n) is 3.92. The normalized spacial score (nSPS) is 10.7. The molecule has 0 atom stereocenters. The van der Waals surface area contributed by atoms with Crippen LogP contribution in [0.1, 0.15) is 0 Å². The Labute approximate surface area is 102 Å². The fourth-order valence-corrected chi connectivity index (χ4v) is 1.87. The second kappa shape index (κ2) is 3.96. The maximum absolute atomic E-state index is 11.3. The molecule has 0 bridgehead atoms. The van der Waals surface area contributed by atoms with Crippen molar-refractivity contribution in [2.24, 2.45) is 0 Å². The van der Waals surface area contributed by atoms with Gasteiger partial charge in [0.25, 0.3) is 0 Å². The van der Waals surface area contributed by atoms with Crippen LogP contribution in [-0.2, 0) is 0 Å². The zero-order chi connectivity index (χ0) is 12.5. The summed E-state index contributed by atoms with van der Waals surface area (Å²) in [7, 11) is 0. The van der Waals surface area contributed by atoms with Gasteiger partial charge in [-0.1, -0.05) is 36.4 Å². The van der Waals surface area contributed by atoms with Gasteiger partial charge in [-0.2, -0.15) is 9.97 Å². The predicted octanol–water partition coefficient (Wildman–Crippen LogP) is 1.57. The van der Waals surface area contributed by atoms with Crippen molar-refractivity contribution in [2.75, 3.05) is 5.73 Å². The highest BCUT2D eigenvalue weighted by Crippen LogP contribution is 2.21. The average Bonchev–Trinajstić information content (AvgIpc) is 2.37. The number of nitrogens with one attached hydrogen (secondary N) is 1. The van der Waals surface area contributed by atoms with E-state index in [1.165, 1.54) is 0 Å². The molecule has 0 fully saturated rings. The zero-order valence-electron chi connectivity index (χ0n) is 9.42. The summed E-state index contributed by atoms with van der Waals surface area (Å²) < 4.78 is 0. The van der Waals surface area contributed by atoms with Gasteiger partial charge in [-0.3, -0.25) is 4.98 Å². The van der Waals surface area contributed by atoms with Crippen LogP contribution >= 0.6 is 0 Å². The lowest BCUT2D eigenvalue weighted by Crippen LogP contribution is -2.15. The van der Waals surface area contributed by atoms with Gasteiger partial charge in [-0.25, -0.2) is 4.79 Å². The maximum Gasteiger partial charge on any atom is 0.349 e. The van der Waals surface area contributed by atoms with Gasteiger partial charge in [0, 0.05) is 5.56 Å². The minimum atomic E-state index is -0.495. The van der Waals surface area contributed by atoms with Crippen LogP contribution in [0.4, 0.5) is 5.95 Å². The molecule has 0 aliphatic rings. The molecule has 5 heteroatoms. The maximum atomic E-state index is 11.3. The highest BCUT2D eigenvalue weighted by Gasteiger charge is 2.04. The fraction of sp³-hybridized carbons (Fsp3) is 0. The number of benzene rings is 2. The summed E-state index contributed by atoms with van der Waals surface area (Å²) >= 11 is 0. The Bertz CT molecular complexity index is 779. The van der Waals surface area contributed by atoms with Crippen molar-refractivity contribution in [1.82, 2.24) is 15.0 Å². The first-order valence-electron chi connectivity index (χ1n) is 5.45. The molecule has 5 nitrogen and oxygen atoms in total. The average molecular weight is 238 g/mol. The standard InChI is InChI=1S/C13H10N4O/c14-12-15-11(16-13(18)17-12)10-6-5-8-3-1-2-4-9(8)7-10/h1-7H,(H3,14,15,16,17,18). The first kappa shape index (κ1) is 10.5. The van der Waals surface area contributed by atoms with Crippen LogP contribution < -0.4 is 11.4 Å². The van der Waals surface area contributed by atoms with Crippen LogP contribution in [0.3, 0.4) is 0 Å². The van der Waals surface area contributed by atoms with Crippen molar-refractivity contribution in [3.63, 3.8) is 0 Å². The molecule has 88 valence electrons. The van der Waals surface area contributed by atoms with E-state index >= 15 is 0 Å². The van der Waals surface area contributed by atoms with Gasteiger partial charge in [0.1, 0.15) is 5.82 Å².